The molecule has 1 amide bonds. The van der Waals surface area contributed by atoms with Gasteiger partial charge in [-0.05, 0) is 37.3 Å². The zero-order chi connectivity index (χ0) is 13.5. The second kappa shape index (κ2) is 4.44. The van der Waals surface area contributed by atoms with Crippen LogP contribution in [0.25, 0.3) is 0 Å². The minimum atomic E-state index is -0.201. The average molecular weight is 260 g/mol. The van der Waals surface area contributed by atoms with Crippen molar-refractivity contribution in [2.45, 2.75) is 19.3 Å². The molecular formula is C15H20N2O2. The SMILES string of the molecule is COc1cccc(N2CC[C@@H](C3(C(N)=O)CC3)C2)c1. The Kier molecular flexibility index (Phi) is 2.88. The van der Waals surface area contributed by atoms with Crippen LogP contribution in [0.2, 0.25) is 0 Å². The molecule has 2 N–H and O–H groups in total. The third-order valence-corrected chi connectivity index (χ3v) is 4.67. The molecule has 1 aliphatic carbocycles. The maximum Gasteiger partial charge on any atom is 0.223 e. The third kappa shape index (κ3) is 2.05. The van der Waals surface area contributed by atoms with Crippen molar-refractivity contribution in [1.82, 2.24) is 0 Å². The number of nitrogens with two attached hydrogens (primary N) is 1. The molecule has 1 aromatic rings. The Morgan fingerprint density at radius 1 is 1.47 bits per heavy atom. The minimum absolute atomic E-state index is 0.106. The highest BCUT2D eigenvalue weighted by Gasteiger charge is 2.55. The standard InChI is InChI=1S/C15H20N2O2/c1-19-13-4-2-3-12(9-13)17-8-5-11(10-17)15(6-7-15)14(16)18/h2-4,9,11H,5-8,10H2,1H3,(H2,16,18)/t11-/m1/s1. The van der Waals surface area contributed by atoms with Gasteiger partial charge in [-0.1, -0.05) is 6.07 Å². The van der Waals surface area contributed by atoms with Gasteiger partial charge in [0.2, 0.25) is 5.91 Å². The Labute approximate surface area is 113 Å². The predicted octanol–water partition coefficient (Wildman–Crippen LogP) is 1.79. The molecule has 4 nitrogen and oxygen atoms in total. The number of methoxy groups -OCH3 is 1. The molecule has 3 rings (SSSR count). The quantitative estimate of drug-likeness (QED) is 0.898. The summed E-state index contributed by atoms with van der Waals surface area (Å²) in [6.07, 6.45) is 3.00. The van der Waals surface area contributed by atoms with Crippen LogP contribution in [0.4, 0.5) is 5.69 Å². The van der Waals surface area contributed by atoms with Gasteiger partial charge in [0, 0.05) is 24.8 Å². The summed E-state index contributed by atoms with van der Waals surface area (Å²) < 4.78 is 5.26. The molecule has 1 aromatic carbocycles. The largest absolute Gasteiger partial charge is 0.497 e. The van der Waals surface area contributed by atoms with Crippen molar-refractivity contribution in [3.63, 3.8) is 0 Å². The number of hydrogen-bond donors (Lipinski definition) is 1. The molecule has 4 heteroatoms. The molecule has 0 bridgehead atoms. The molecule has 1 heterocycles. The number of hydrogen-bond acceptors (Lipinski definition) is 3. The Morgan fingerprint density at radius 3 is 2.89 bits per heavy atom. The van der Waals surface area contributed by atoms with E-state index in [1.54, 1.807) is 7.11 Å². The molecule has 1 saturated carbocycles. The Bertz CT molecular complexity index is 497. The van der Waals surface area contributed by atoms with Crippen LogP contribution in [0.3, 0.4) is 0 Å². The number of rotatable bonds is 4. The van der Waals surface area contributed by atoms with Crippen LogP contribution in [-0.4, -0.2) is 26.1 Å². The van der Waals surface area contributed by atoms with Crippen molar-refractivity contribution < 1.29 is 9.53 Å². The van der Waals surface area contributed by atoms with Gasteiger partial charge in [0.1, 0.15) is 5.75 Å². The number of amides is 1. The molecule has 0 unspecified atom stereocenters. The lowest BCUT2D eigenvalue weighted by Crippen LogP contribution is -2.33. The Hall–Kier alpha value is -1.71. The first kappa shape index (κ1) is 12.3. The third-order valence-electron chi connectivity index (χ3n) is 4.67. The Balaban J connectivity index is 1.73. The van der Waals surface area contributed by atoms with Crippen LogP contribution < -0.4 is 15.4 Å². The number of ether oxygens (including phenoxy) is 1. The molecule has 1 atom stereocenters. The molecule has 1 saturated heterocycles. The summed E-state index contributed by atoms with van der Waals surface area (Å²) in [5.41, 5.74) is 6.53. The summed E-state index contributed by atoms with van der Waals surface area (Å²) in [6.45, 7) is 1.92. The Morgan fingerprint density at radius 2 is 2.26 bits per heavy atom. The van der Waals surface area contributed by atoms with Gasteiger partial charge < -0.3 is 15.4 Å². The van der Waals surface area contributed by atoms with Crippen molar-refractivity contribution in [2.24, 2.45) is 17.1 Å². The van der Waals surface area contributed by atoms with E-state index in [-0.39, 0.29) is 11.3 Å². The topological polar surface area (TPSA) is 55.6 Å². The van der Waals surface area contributed by atoms with E-state index in [4.69, 9.17) is 10.5 Å². The van der Waals surface area contributed by atoms with E-state index in [1.165, 1.54) is 5.69 Å². The first-order chi connectivity index (χ1) is 9.15. The summed E-state index contributed by atoms with van der Waals surface area (Å²) in [4.78, 5) is 13.9. The van der Waals surface area contributed by atoms with Gasteiger partial charge in [-0.3, -0.25) is 4.79 Å². The molecule has 0 spiro atoms. The van der Waals surface area contributed by atoms with Crippen LogP contribution in [-0.2, 0) is 4.79 Å². The fourth-order valence-corrected chi connectivity index (χ4v) is 3.24. The molecule has 2 fully saturated rings. The summed E-state index contributed by atoms with van der Waals surface area (Å²) in [5.74, 6) is 1.18. The molecule has 102 valence electrons. The van der Waals surface area contributed by atoms with Gasteiger partial charge in [0.25, 0.3) is 0 Å². The average Bonchev–Trinajstić information content (AvgIpc) is 3.10. The van der Waals surface area contributed by atoms with E-state index in [2.05, 4.69) is 11.0 Å². The van der Waals surface area contributed by atoms with Gasteiger partial charge >= 0.3 is 0 Å². The smallest absolute Gasteiger partial charge is 0.223 e. The van der Waals surface area contributed by atoms with Crippen molar-refractivity contribution in [1.29, 1.82) is 0 Å². The van der Waals surface area contributed by atoms with E-state index in [0.29, 0.717) is 5.92 Å². The van der Waals surface area contributed by atoms with Crippen molar-refractivity contribution in [3.8, 4) is 5.75 Å². The highest BCUT2D eigenvalue weighted by atomic mass is 16.5. The van der Waals surface area contributed by atoms with Crippen LogP contribution in [0.1, 0.15) is 19.3 Å². The van der Waals surface area contributed by atoms with Crippen LogP contribution >= 0.6 is 0 Å². The van der Waals surface area contributed by atoms with E-state index in [1.807, 2.05) is 18.2 Å². The fraction of sp³-hybridized carbons (Fsp3) is 0.533. The molecular weight excluding hydrogens is 240 g/mol. The van der Waals surface area contributed by atoms with Crippen LogP contribution in [0, 0.1) is 11.3 Å². The summed E-state index contributed by atoms with van der Waals surface area (Å²) in [7, 11) is 1.68. The lowest BCUT2D eigenvalue weighted by molar-refractivity contribution is -0.124. The fourth-order valence-electron chi connectivity index (χ4n) is 3.24. The van der Waals surface area contributed by atoms with Gasteiger partial charge in [0.15, 0.2) is 0 Å². The molecule has 0 aromatic heterocycles. The van der Waals surface area contributed by atoms with Crippen LogP contribution in [0.15, 0.2) is 24.3 Å². The van der Waals surface area contributed by atoms with Crippen molar-refractivity contribution >= 4 is 11.6 Å². The summed E-state index contributed by atoms with van der Waals surface area (Å²) >= 11 is 0. The zero-order valence-electron chi connectivity index (χ0n) is 11.3. The van der Waals surface area contributed by atoms with E-state index >= 15 is 0 Å². The van der Waals surface area contributed by atoms with E-state index in [9.17, 15) is 4.79 Å². The summed E-state index contributed by atoms with van der Waals surface area (Å²) in [5, 5.41) is 0. The first-order valence-corrected chi connectivity index (χ1v) is 6.84. The van der Waals surface area contributed by atoms with Crippen molar-refractivity contribution in [3.05, 3.63) is 24.3 Å². The molecule has 19 heavy (non-hydrogen) atoms. The molecule has 2 aliphatic rings. The lowest BCUT2D eigenvalue weighted by atomic mass is 9.88. The second-order valence-corrected chi connectivity index (χ2v) is 5.65. The number of benzene rings is 1. The number of nitrogens with zero attached hydrogens (tertiary/aromatic N) is 1. The van der Waals surface area contributed by atoms with Gasteiger partial charge in [-0.2, -0.15) is 0 Å². The monoisotopic (exact) mass is 260 g/mol. The summed E-state index contributed by atoms with van der Waals surface area (Å²) in [6, 6.07) is 8.09. The normalized spacial score (nSPS) is 24.3. The zero-order valence-corrected chi connectivity index (χ0v) is 11.3. The second-order valence-electron chi connectivity index (χ2n) is 5.65. The maximum absolute atomic E-state index is 11.6. The van der Waals surface area contributed by atoms with E-state index in [0.717, 1.165) is 38.1 Å². The molecule has 1 aliphatic heterocycles. The maximum atomic E-state index is 11.6. The number of anilines is 1. The molecule has 0 radical (unpaired) electrons. The number of primary amides is 1. The number of carbonyl (C=O) groups is 1. The highest BCUT2D eigenvalue weighted by molar-refractivity contribution is 5.84. The minimum Gasteiger partial charge on any atom is -0.497 e. The van der Waals surface area contributed by atoms with Gasteiger partial charge in [-0.15, -0.1) is 0 Å². The van der Waals surface area contributed by atoms with E-state index < -0.39 is 0 Å². The van der Waals surface area contributed by atoms with Gasteiger partial charge in [-0.25, -0.2) is 0 Å². The predicted molar refractivity (Wildman–Crippen MR) is 74.2 cm³/mol. The number of carbonyl (C=O) groups excluding carboxylic acids is 1. The lowest BCUT2D eigenvalue weighted by Gasteiger charge is -2.22. The van der Waals surface area contributed by atoms with Gasteiger partial charge in [0.05, 0.1) is 12.5 Å². The first-order valence-electron chi connectivity index (χ1n) is 6.84. The van der Waals surface area contributed by atoms with Crippen LogP contribution in [0.5, 0.6) is 5.75 Å². The highest BCUT2D eigenvalue weighted by Crippen LogP contribution is 2.54. The van der Waals surface area contributed by atoms with Crippen molar-refractivity contribution in [2.75, 3.05) is 25.1 Å².